The van der Waals surface area contributed by atoms with Gasteiger partial charge in [-0.25, -0.2) is 9.59 Å². The molecule has 3 N–H and O–H groups in total. The Morgan fingerprint density at radius 2 is 2.05 bits per heavy atom. The number of hydrogen-bond acceptors (Lipinski definition) is 2. The molecule has 1 aliphatic carbocycles. The van der Waals surface area contributed by atoms with Crippen molar-refractivity contribution < 1.29 is 14.7 Å². The fourth-order valence-corrected chi connectivity index (χ4v) is 2.37. The average molecular weight is 276 g/mol. The third-order valence-corrected chi connectivity index (χ3v) is 3.87. The predicted molar refractivity (Wildman–Crippen MR) is 77.1 cm³/mol. The zero-order valence-corrected chi connectivity index (χ0v) is 11.8. The molecule has 0 saturated heterocycles. The van der Waals surface area contributed by atoms with Crippen molar-refractivity contribution in [1.82, 2.24) is 5.32 Å². The maximum absolute atomic E-state index is 11.9. The molecule has 0 spiro atoms. The van der Waals surface area contributed by atoms with Gasteiger partial charge in [-0.05, 0) is 44.7 Å². The summed E-state index contributed by atoms with van der Waals surface area (Å²) in [6, 6.07) is 4.70. The number of nitrogens with one attached hydrogen (secondary N) is 2. The largest absolute Gasteiger partial charge is 0.478 e. The molecule has 0 bridgehead atoms. The number of carbonyl (C=O) groups is 2. The van der Waals surface area contributed by atoms with Gasteiger partial charge in [0.2, 0.25) is 0 Å². The molecule has 1 unspecified atom stereocenters. The predicted octanol–water partition coefficient (Wildman–Crippen LogP) is 3.00. The topological polar surface area (TPSA) is 78.4 Å². The zero-order valence-electron chi connectivity index (χ0n) is 11.8. The van der Waals surface area contributed by atoms with Crippen LogP contribution in [0.3, 0.4) is 0 Å². The van der Waals surface area contributed by atoms with Crippen molar-refractivity contribution in [3.8, 4) is 0 Å². The lowest BCUT2D eigenvalue weighted by atomic mass is 9.80. The van der Waals surface area contributed by atoms with Crippen LogP contribution in [0.2, 0.25) is 0 Å². The number of carboxylic acids is 1. The van der Waals surface area contributed by atoms with E-state index in [1.54, 1.807) is 18.2 Å². The van der Waals surface area contributed by atoms with Crippen molar-refractivity contribution in [2.45, 2.75) is 39.2 Å². The summed E-state index contributed by atoms with van der Waals surface area (Å²) in [4.78, 5) is 23.1. The average Bonchev–Trinajstić information content (AvgIpc) is 2.28. The summed E-state index contributed by atoms with van der Waals surface area (Å²) in [6.07, 6.45) is 3.51. The Morgan fingerprint density at radius 1 is 1.35 bits per heavy atom. The van der Waals surface area contributed by atoms with Crippen LogP contribution in [0.5, 0.6) is 0 Å². The summed E-state index contributed by atoms with van der Waals surface area (Å²) in [5.74, 6) is -0.506. The molecule has 1 aliphatic rings. The van der Waals surface area contributed by atoms with Gasteiger partial charge in [-0.2, -0.15) is 0 Å². The number of aromatic carboxylic acids is 1. The van der Waals surface area contributed by atoms with E-state index in [4.69, 9.17) is 5.11 Å². The Morgan fingerprint density at radius 3 is 2.60 bits per heavy atom. The molecule has 5 nitrogen and oxygen atoms in total. The molecule has 2 rings (SSSR count). The maximum atomic E-state index is 11.9. The number of urea groups is 1. The van der Waals surface area contributed by atoms with E-state index in [0.29, 0.717) is 11.6 Å². The molecular formula is C15H20N2O3. The molecule has 20 heavy (non-hydrogen) atoms. The van der Waals surface area contributed by atoms with Crippen LogP contribution in [0.25, 0.3) is 0 Å². The molecular weight excluding hydrogens is 256 g/mol. The number of anilines is 1. The second-order valence-corrected chi connectivity index (χ2v) is 5.43. The van der Waals surface area contributed by atoms with Crippen LogP contribution >= 0.6 is 0 Å². The van der Waals surface area contributed by atoms with E-state index >= 15 is 0 Å². The summed E-state index contributed by atoms with van der Waals surface area (Å²) in [7, 11) is 0. The normalized spacial score (nSPS) is 16.1. The van der Waals surface area contributed by atoms with Gasteiger partial charge in [0.1, 0.15) is 0 Å². The highest BCUT2D eigenvalue weighted by molar-refractivity contribution is 6.00. The molecule has 108 valence electrons. The SMILES string of the molecule is Cc1ccc(NC(=O)NC(C)C2CCC2)c(C(=O)O)c1. The molecule has 0 aliphatic heterocycles. The molecule has 2 amide bonds. The minimum atomic E-state index is -1.05. The van der Waals surface area contributed by atoms with Gasteiger partial charge in [-0.15, -0.1) is 0 Å². The number of aryl methyl sites for hydroxylation is 1. The number of carbonyl (C=O) groups excluding carboxylic acids is 1. The van der Waals surface area contributed by atoms with E-state index < -0.39 is 5.97 Å². The maximum Gasteiger partial charge on any atom is 0.337 e. The van der Waals surface area contributed by atoms with E-state index in [1.165, 1.54) is 6.42 Å². The zero-order chi connectivity index (χ0) is 14.7. The van der Waals surface area contributed by atoms with Gasteiger partial charge in [-0.1, -0.05) is 18.1 Å². The molecule has 0 aromatic heterocycles. The number of hydrogen-bond donors (Lipinski definition) is 3. The smallest absolute Gasteiger partial charge is 0.337 e. The highest BCUT2D eigenvalue weighted by Crippen LogP contribution is 2.29. The molecule has 1 saturated carbocycles. The first kappa shape index (κ1) is 14.4. The monoisotopic (exact) mass is 276 g/mol. The first-order chi connectivity index (χ1) is 9.47. The Hall–Kier alpha value is -2.04. The summed E-state index contributed by atoms with van der Waals surface area (Å²) >= 11 is 0. The fraction of sp³-hybridized carbons (Fsp3) is 0.467. The number of rotatable bonds is 4. The Kier molecular flexibility index (Phi) is 4.27. The van der Waals surface area contributed by atoms with E-state index in [-0.39, 0.29) is 17.6 Å². The van der Waals surface area contributed by atoms with Gasteiger partial charge in [-0.3, -0.25) is 0 Å². The second kappa shape index (κ2) is 5.94. The standard InChI is InChI=1S/C15H20N2O3/c1-9-6-7-13(12(8-9)14(18)19)17-15(20)16-10(2)11-4-3-5-11/h6-8,10-11H,3-5H2,1-2H3,(H,18,19)(H2,16,17,20). The van der Waals surface area contributed by atoms with Crippen LogP contribution in [0.4, 0.5) is 10.5 Å². The molecule has 1 aromatic carbocycles. The summed E-state index contributed by atoms with van der Waals surface area (Å²) in [6.45, 7) is 3.80. The minimum Gasteiger partial charge on any atom is -0.478 e. The van der Waals surface area contributed by atoms with E-state index in [1.807, 2.05) is 13.8 Å². The van der Waals surface area contributed by atoms with Gasteiger partial charge in [0.05, 0.1) is 11.3 Å². The number of amides is 2. The molecule has 1 aromatic rings. The minimum absolute atomic E-state index is 0.108. The highest BCUT2D eigenvalue weighted by Gasteiger charge is 2.25. The summed E-state index contributed by atoms with van der Waals surface area (Å²) in [5, 5.41) is 14.6. The van der Waals surface area contributed by atoms with E-state index in [9.17, 15) is 9.59 Å². The lowest BCUT2D eigenvalue weighted by Gasteiger charge is -2.31. The Bertz CT molecular complexity index is 524. The van der Waals surface area contributed by atoms with Crippen molar-refractivity contribution in [2.24, 2.45) is 5.92 Å². The van der Waals surface area contributed by atoms with Crippen molar-refractivity contribution in [3.63, 3.8) is 0 Å². The molecule has 0 heterocycles. The van der Waals surface area contributed by atoms with Crippen molar-refractivity contribution in [3.05, 3.63) is 29.3 Å². The lowest BCUT2D eigenvalue weighted by molar-refractivity contribution is 0.0698. The van der Waals surface area contributed by atoms with E-state index in [2.05, 4.69) is 10.6 Å². The number of carboxylic acid groups (broad SMARTS) is 1. The quantitative estimate of drug-likeness (QED) is 0.791. The molecule has 1 atom stereocenters. The van der Waals surface area contributed by atoms with E-state index in [0.717, 1.165) is 18.4 Å². The molecule has 5 heteroatoms. The second-order valence-electron chi connectivity index (χ2n) is 5.43. The van der Waals surface area contributed by atoms with Gasteiger partial charge in [0, 0.05) is 6.04 Å². The van der Waals surface area contributed by atoms with Crippen molar-refractivity contribution >= 4 is 17.7 Å². The highest BCUT2D eigenvalue weighted by atomic mass is 16.4. The summed E-state index contributed by atoms with van der Waals surface area (Å²) in [5.41, 5.74) is 1.27. The van der Waals surface area contributed by atoms with Crippen molar-refractivity contribution in [2.75, 3.05) is 5.32 Å². The molecule has 0 radical (unpaired) electrons. The van der Waals surface area contributed by atoms with Crippen LogP contribution in [0, 0.1) is 12.8 Å². The Labute approximate surface area is 118 Å². The van der Waals surface area contributed by atoms with Crippen LogP contribution in [0.15, 0.2) is 18.2 Å². The lowest BCUT2D eigenvalue weighted by Crippen LogP contribution is -2.42. The van der Waals surface area contributed by atoms with Gasteiger partial charge < -0.3 is 15.7 Å². The van der Waals surface area contributed by atoms with Gasteiger partial charge >= 0.3 is 12.0 Å². The number of benzene rings is 1. The summed E-state index contributed by atoms with van der Waals surface area (Å²) < 4.78 is 0. The molecule has 1 fully saturated rings. The third-order valence-electron chi connectivity index (χ3n) is 3.87. The van der Waals surface area contributed by atoms with Crippen LogP contribution < -0.4 is 10.6 Å². The first-order valence-corrected chi connectivity index (χ1v) is 6.89. The Balaban J connectivity index is 2.01. The van der Waals surface area contributed by atoms with Gasteiger partial charge in [0.15, 0.2) is 0 Å². The van der Waals surface area contributed by atoms with Crippen LogP contribution in [-0.2, 0) is 0 Å². The van der Waals surface area contributed by atoms with Crippen LogP contribution in [0.1, 0.15) is 42.1 Å². The van der Waals surface area contributed by atoms with Crippen LogP contribution in [-0.4, -0.2) is 23.1 Å². The van der Waals surface area contributed by atoms with Crippen molar-refractivity contribution in [1.29, 1.82) is 0 Å². The fourth-order valence-electron chi connectivity index (χ4n) is 2.37. The van der Waals surface area contributed by atoms with Gasteiger partial charge in [0.25, 0.3) is 0 Å². The first-order valence-electron chi connectivity index (χ1n) is 6.89. The third kappa shape index (κ3) is 3.29.